The highest BCUT2D eigenvalue weighted by Crippen LogP contribution is 2.31. The van der Waals surface area contributed by atoms with E-state index in [1.807, 2.05) is 0 Å². The van der Waals surface area contributed by atoms with Crippen LogP contribution in [0.25, 0.3) is 0 Å². The number of ketones is 1. The van der Waals surface area contributed by atoms with Gasteiger partial charge in [0.1, 0.15) is 0 Å². The number of carbonyl (C=O) groups excluding carboxylic acids is 1. The second-order valence-corrected chi connectivity index (χ2v) is 4.43. The summed E-state index contributed by atoms with van der Waals surface area (Å²) in [5, 5.41) is 0.448. The smallest absolute Gasteiger partial charge is 0.294 e. The van der Waals surface area contributed by atoms with Crippen LogP contribution in [-0.2, 0) is 12.6 Å². The Hall–Kier alpha value is -0.840. The van der Waals surface area contributed by atoms with Crippen LogP contribution in [0.3, 0.4) is 0 Å². The predicted octanol–water partition coefficient (Wildman–Crippen LogP) is 4.24. The van der Waals surface area contributed by atoms with Gasteiger partial charge >= 0.3 is 6.18 Å². The molecular formula is C12H12BrF3O. The maximum Gasteiger partial charge on any atom is 0.416 e. The van der Waals surface area contributed by atoms with Crippen LogP contribution in [0.5, 0.6) is 0 Å². The Kier molecular flexibility index (Phi) is 4.74. The van der Waals surface area contributed by atoms with E-state index in [0.717, 1.165) is 12.1 Å². The number of rotatable bonds is 4. The summed E-state index contributed by atoms with van der Waals surface area (Å²) in [5.74, 6) is -0.275. The fourth-order valence-corrected chi connectivity index (χ4v) is 1.81. The Morgan fingerprint density at radius 2 is 1.94 bits per heavy atom. The zero-order chi connectivity index (χ0) is 13.1. The standard InChI is InChI=1S/C12H12BrF3O/c1-2-8-5-9(11(17)3-4-13)7-10(6-8)12(14,15)16/h5-7H,2-4H2,1H3. The maximum atomic E-state index is 12.6. The molecule has 0 aliphatic carbocycles. The minimum absolute atomic E-state index is 0.135. The third-order valence-corrected chi connectivity index (χ3v) is 2.77. The van der Waals surface area contributed by atoms with E-state index in [2.05, 4.69) is 15.9 Å². The van der Waals surface area contributed by atoms with Crippen molar-refractivity contribution in [1.82, 2.24) is 0 Å². The van der Waals surface area contributed by atoms with Crippen molar-refractivity contribution < 1.29 is 18.0 Å². The lowest BCUT2D eigenvalue weighted by Crippen LogP contribution is -2.09. The van der Waals surface area contributed by atoms with Gasteiger partial charge in [-0.2, -0.15) is 13.2 Å². The van der Waals surface area contributed by atoms with Gasteiger partial charge in [-0.25, -0.2) is 0 Å². The molecule has 5 heteroatoms. The van der Waals surface area contributed by atoms with Crippen molar-refractivity contribution in [3.05, 3.63) is 34.9 Å². The number of carbonyl (C=O) groups is 1. The van der Waals surface area contributed by atoms with Crippen molar-refractivity contribution in [2.24, 2.45) is 0 Å². The molecule has 0 spiro atoms. The number of aryl methyl sites for hydroxylation is 1. The lowest BCUT2D eigenvalue weighted by Gasteiger charge is -2.10. The van der Waals surface area contributed by atoms with Gasteiger partial charge in [0.25, 0.3) is 0 Å². The summed E-state index contributed by atoms with van der Waals surface area (Å²) in [4.78, 5) is 11.6. The van der Waals surface area contributed by atoms with Crippen LogP contribution < -0.4 is 0 Å². The van der Waals surface area contributed by atoms with Crippen molar-refractivity contribution in [2.75, 3.05) is 5.33 Å². The van der Waals surface area contributed by atoms with Gasteiger partial charge in [0.05, 0.1) is 5.56 Å². The first-order chi connectivity index (χ1) is 7.88. The van der Waals surface area contributed by atoms with Crippen LogP contribution >= 0.6 is 15.9 Å². The summed E-state index contributed by atoms with van der Waals surface area (Å²) in [6.07, 6.45) is -3.74. The molecule has 17 heavy (non-hydrogen) atoms. The molecule has 0 fully saturated rings. The number of Topliss-reactive ketones (excluding diaryl/α,β-unsaturated/α-hetero) is 1. The van der Waals surface area contributed by atoms with E-state index in [9.17, 15) is 18.0 Å². The SMILES string of the molecule is CCc1cc(C(=O)CCBr)cc(C(F)(F)F)c1. The van der Waals surface area contributed by atoms with Gasteiger partial charge in [0.2, 0.25) is 0 Å². The van der Waals surface area contributed by atoms with Gasteiger partial charge in [0.15, 0.2) is 5.78 Å². The molecule has 0 amide bonds. The molecule has 0 aliphatic heterocycles. The van der Waals surface area contributed by atoms with Crippen molar-refractivity contribution in [3.63, 3.8) is 0 Å². The molecule has 1 nitrogen and oxygen atoms in total. The Labute approximate surface area is 106 Å². The van der Waals surface area contributed by atoms with E-state index in [-0.39, 0.29) is 17.8 Å². The molecule has 0 saturated carbocycles. The van der Waals surface area contributed by atoms with E-state index in [1.54, 1.807) is 6.92 Å². The third kappa shape index (κ3) is 3.84. The quantitative estimate of drug-likeness (QED) is 0.601. The average molecular weight is 309 g/mol. The predicted molar refractivity (Wildman–Crippen MR) is 63.6 cm³/mol. The molecule has 0 aromatic heterocycles. The van der Waals surface area contributed by atoms with E-state index < -0.39 is 11.7 Å². The van der Waals surface area contributed by atoms with Crippen molar-refractivity contribution in [3.8, 4) is 0 Å². The molecule has 1 aromatic carbocycles. The first kappa shape index (κ1) is 14.2. The minimum Gasteiger partial charge on any atom is -0.294 e. The van der Waals surface area contributed by atoms with Gasteiger partial charge in [-0.3, -0.25) is 4.79 Å². The van der Waals surface area contributed by atoms with Crippen LogP contribution in [0, 0.1) is 0 Å². The van der Waals surface area contributed by atoms with E-state index in [0.29, 0.717) is 17.3 Å². The summed E-state index contributed by atoms with van der Waals surface area (Å²) in [6, 6.07) is 3.54. The Morgan fingerprint density at radius 1 is 1.29 bits per heavy atom. The molecule has 0 bridgehead atoms. The van der Waals surface area contributed by atoms with Crippen molar-refractivity contribution in [2.45, 2.75) is 25.9 Å². The van der Waals surface area contributed by atoms with Crippen LogP contribution in [0.2, 0.25) is 0 Å². The molecule has 1 aromatic rings. The second kappa shape index (κ2) is 5.67. The molecule has 1 rings (SSSR count). The van der Waals surface area contributed by atoms with Gasteiger partial charge in [-0.15, -0.1) is 0 Å². The molecule has 0 N–H and O–H groups in total. The van der Waals surface area contributed by atoms with Gasteiger partial charge in [-0.05, 0) is 30.2 Å². The topological polar surface area (TPSA) is 17.1 Å². The monoisotopic (exact) mass is 308 g/mol. The highest BCUT2D eigenvalue weighted by molar-refractivity contribution is 9.09. The van der Waals surface area contributed by atoms with Gasteiger partial charge in [0, 0.05) is 17.3 Å². The first-order valence-corrected chi connectivity index (χ1v) is 6.31. The number of benzene rings is 1. The Bertz CT molecular complexity index is 413. The number of hydrogen-bond acceptors (Lipinski definition) is 1. The number of alkyl halides is 4. The Balaban J connectivity index is 3.19. The van der Waals surface area contributed by atoms with E-state index in [4.69, 9.17) is 0 Å². The maximum absolute atomic E-state index is 12.6. The van der Waals surface area contributed by atoms with Crippen molar-refractivity contribution >= 4 is 21.7 Å². The van der Waals surface area contributed by atoms with Gasteiger partial charge < -0.3 is 0 Å². The van der Waals surface area contributed by atoms with Crippen LogP contribution in [0.1, 0.15) is 34.8 Å². The lowest BCUT2D eigenvalue weighted by atomic mass is 10.00. The molecule has 0 unspecified atom stereocenters. The zero-order valence-corrected chi connectivity index (χ0v) is 10.9. The summed E-state index contributed by atoms with van der Waals surface area (Å²) in [6.45, 7) is 1.76. The van der Waals surface area contributed by atoms with E-state index in [1.165, 1.54) is 6.07 Å². The van der Waals surface area contributed by atoms with Crippen LogP contribution in [0.15, 0.2) is 18.2 Å². The fraction of sp³-hybridized carbons (Fsp3) is 0.417. The summed E-state index contributed by atoms with van der Waals surface area (Å²) in [7, 11) is 0. The molecular weight excluding hydrogens is 297 g/mol. The highest BCUT2D eigenvalue weighted by Gasteiger charge is 2.31. The molecule has 0 radical (unpaired) electrons. The molecule has 0 aliphatic rings. The van der Waals surface area contributed by atoms with E-state index >= 15 is 0 Å². The van der Waals surface area contributed by atoms with Crippen molar-refractivity contribution in [1.29, 1.82) is 0 Å². The Morgan fingerprint density at radius 3 is 2.41 bits per heavy atom. The molecule has 0 heterocycles. The first-order valence-electron chi connectivity index (χ1n) is 5.18. The average Bonchev–Trinajstić information content (AvgIpc) is 2.27. The molecule has 0 atom stereocenters. The summed E-state index contributed by atoms with van der Waals surface area (Å²) >= 11 is 3.10. The second-order valence-electron chi connectivity index (χ2n) is 3.63. The van der Waals surface area contributed by atoms with Crippen LogP contribution in [0.4, 0.5) is 13.2 Å². The fourth-order valence-electron chi connectivity index (χ4n) is 1.45. The normalized spacial score (nSPS) is 11.6. The minimum atomic E-state index is -4.41. The lowest BCUT2D eigenvalue weighted by molar-refractivity contribution is -0.137. The third-order valence-electron chi connectivity index (χ3n) is 2.37. The largest absolute Gasteiger partial charge is 0.416 e. The summed E-state index contributed by atoms with van der Waals surface area (Å²) < 4.78 is 37.8. The molecule has 0 saturated heterocycles. The summed E-state index contributed by atoms with van der Waals surface area (Å²) in [5.41, 5.74) is -0.0938. The van der Waals surface area contributed by atoms with Crippen LogP contribution in [-0.4, -0.2) is 11.1 Å². The number of halogens is 4. The van der Waals surface area contributed by atoms with Gasteiger partial charge in [-0.1, -0.05) is 22.9 Å². The molecule has 94 valence electrons. The number of hydrogen-bond donors (Lipinski definition) is 0. The highest BCUT2D eigenvalue weighted by atomic mass is 79.9. The zero-order valence-electron chi connectivity index (χ0n) is 9.27.